The molecule has 0 fully saturated rings. The van der Waals surface area contributed by atoms with E-state index in [9.17, 15) is 31.1 Å². The Morgan fingerprint density at radius 1 is 1.00 bits per heavy atom. The Labute approximate surface area is 130 Å². The smallest absolute Gasteiger partial charge is 0.444 e. The quantitative estimate of drug-likeness (QED) is 0.421. The van der Waals surface area contributed by atoms with Crippen LogP contribution >= 0.6 is 23.5 Å². The van der Waals surface area contributed by atoms with Gasteiger partial charge in [-0.25, -0.2) is 4.79 Å². The molecule has 0 aromatic heterocycles. The first-order valence-electron chi connectivity index (χ1n) is 5.77. The van der Waals surface area contributed by atoms with Crippen LogP contribution in [0.1, 0.15) is 12.5 Å². The van der Waals surface area contributed by atoms with Gasteiger partial charge in [-0.1, -0.05) is 30.3 Å². The summed E-state index contributed by atoms with van der Waals surface area (Å²) >= 11 is -2.11. The van der Waals surface area contributed by atoms with E-state index >= 15 is 0 Å². The molecule has 1 rings (SSSR count). The van der Waals surface area contributed by atoms with Crippen LogP contribution < -0.4 is 0 Å². The lowest BCUT2D eigenvalue weighted by Gasteiger charge is -2.31. The van der Waals surface area contributed by atoms with Crippen LogP contribution in [0.25, 0.3) is 0 Å². The van der Waals surface area contributed by atoms with Crippen molar-refractivity contribution < 1.29 is 35.9 Å². The molecule has 0 radical (unpaired) electrons. The fourth-order valence-electron chi connectivity index (χ4n) is 1.55. The largest absolute Gasteiger partial charge is 0.464 e. The molecule has 0 aliphatic heterocycles. The van der Waals surface area contributed by atoms with Crippen molar-refractivity contribution in [3.8, 4) is 0 Å². The number of hydrogen-bond acceptors (Lipinski definition) is 4. The van der Waals surface area contributed by atoms with Gasteiger partial charge >= 0.3 is 17.0 Å². The third-order valence-electron chi connectivity index (χ3n) is 2.22. The van der Waals surface area contributed by atoms with Crippen LogP contribution in [0.2, 0.25) is 0 Å². The van der Waals surface area contributed by atoms with Crippen LogP contribution in [-0.2, 0) is 13.6 Å². The summed E-state index contributed by atoms with van der Waals surface area (Å²) < 4.78 is 78.2. The lowest BCUT2D eigenvalue weighted by Crippen LogP contribution is -2.36. The van der Waals surface area contributed by atoms with Crippen molar-refractivity contribution in [3.05, 3.63) is 35.9 Å². The highest BCUT2D eigenvalue weighted by atomic mass is 32.2. The van der Waals surface area contributed by atoms with Crippen molar-refractivity contribution in [2.24, 2.45) is 0 Å². The minimum atomic E-state index is -5.07. The van der Waals surface area contributed by atoms with Gasteiger partial charge in [0.2, 0.25) is 0 Å². The standard InChI is InChI=1S/C12H10F6O2S2/c1-2-20-9(19)10(21-11(13,14)15,22-12(16,17)18)8-6-4-3-5-7-8/h3-7H,2H2,1H3. The van der Waals surface area contributed by atoms with Crippen LogP contribution in [0.4, 0.5) is 26.3 Å². The average molecular weight is 364 g/mol. The summed E-state index contributed by atoms with van der Waals surface area (Å²) in [6.07, 6.45) is 0. The zero-order valence-electron chi connectivity index (χ0n) is 11.0. The predicted molar refractivity (Wildman–Crippen MR) is 72.0 cm³/mol. The molecule has 0 bridgehead atoms. The fourth-order valence-corrected chi connectivity index (χ4v) is 3.73. The summed E-state index contributed by atoms with van der Waals surface area (Å²) in [5, 5.41) is 0. The Bertz CT molecular complexity index is 485. The van der Waals surface area contributed by atoms with Crippen LogP contribution in [0, 0.1) is 0 Å². The van der Waals surface area contributed by atoms with Crippen LogP contribution in [0.15, 0.2) is 30.3 Å². The zero-order valence-corrected chi connectivity index (χ0v) is 12.6. The third-order valence-corrected chi connectivity index (χ3v) is 4.56. The number of hydrogen-bond donors (Lipinski definition) is 0. The van der Waals surface area contributed by atoms with Crippen molar-refractivity contribution in [1.82, 2.24) is 0 Å². The SMILES string of the molecule is CCOC(=O)C(SC(F)(F)F)(SC(F)(F)F)c1ccccc1. The maximum absolute atomic E-state index is 12.8. The molecule has 0 heterocycles. The molecule has 0 aliphatic carbocycles. The van der Waals surface area contributed by atoms with Gasteiger partial charge in [-0.15, -0.1) is 0 Å². The van der Waals surface area contributed by atoms with Gasteiger partial charge in [-0.2, -0.15) is 26.3 Å². The highest BCUT2D eigenvalue weighted by molar-refractivity contribution is 8.19. The van der Waals surface area contributed by atoms with Gasteiger partial charge in [0.25, 0.3) is 0 Å². The second kappa shape index (κ2) is 7.03. The monoisotopic (exact) mass is 364 g/mol. The van der Waals surface area contributed by atoms with Gasteiger partial charge in [-0.3, -0.25) is 0 Å². The molecule has 10 heteroatoms. The van der Waals surface area contributed by atoms with Crippen LogP contribution in [0.3, 0.4) is 0 Å². The van der Waals surface area contributed by atoms with E-state index in [-0.39, 0.29) is 6.61 Å². The van der Waals surface area contributed by atoms with Crippen molar-refractivity contribution in [2.75, 3.05) is 6.61 Å². The number of alkyl halides is 6. The third kappa shape index (κ3) is 5.31. The molecule has 0 atom stereocenters. The molecule has 124 valence electrons. The lowest BCUT2D eigenvalue weighted by molar-refractivity contribution is -0.144. The number of rotatable bonds is 5. The van der Waals surface area contributed by atoms with Gasteiger partial charge in [0.15, 0.2) is 4.08 Å². The summed E-state index contributed by atoms with van der Waals surface area (Å²) in [5.41, 5.74) is -10.6. The van der Waals surface area contributed by atoms with E-state index in [1.807, 2.05) is 0 Å². The van der Waals surface area contributed by atoms with E-state index in [1.54, 1.807) is 0 Å². The number of benzene rings is 1. The molecule has 0 amide bonds. The molecule has 0 saturated heterocycles. The van der Waals surface area contributed by atoms with Crippen molar-refractivity contribution in [3.63, 3.8) is 0 Å². The molecule has 0 unspecified atom stereocenters. The number of thioether (sulfide) groups is 2. The van der Waals surface area contributed by atoms with E-state index in [0.717, 1.165) is 12.1 Å². The van der Waals surface area contributed by atoms with E-state index in [2.05, 4.69) is 4.74 Å². The van der Waals surface area contributed by atoms with Gasteiger partial charge in [0.05, 0.1) is 6.61 Å². The Morgan fingerprint density at radius 3 is 1.82 bits per heavy atom. The second-order valence-corrected chi connectivity index (χ2v) is 6.62. The Morgan fingerprint density at radius 2 is 1.45 bits per heavy atom. The maximum atomic E-state index is 12.8. The normalized spacial score (nSPS) is 13.0. The van der Waals surface area contributed by atoms with Crippen molar-refractivity contribution >= 4 is 29.5 Å². The lowest BCUT2D eigenvalue weighted by atomic mass is 10.1. The van der Waals surface area contributed by atoms with E-state index < -0.39 is 50.2 Å². The topological polar surface area (TPSA) is 26.3 Å². The zero-order chi connectivity index (χ0) is 17.0. The van der Waals surface area contributed by atoms with Crippen molar-refractivity contribution in [2.45, 2.75) is 22.0 Å². The summed E-state index contributed by atoms with van der Waals surface area (Å²) in [7, 11) is 0. The predicted octanol–water partition coefficient (Wildman–Crippen LogP) is 4.91. The Hall–Kier alpha value is -1.03. The molecule has 0 saturated carbocycles. The minimum absolute atomic E-state index is 0.343. The summed E-state index contributed by atoms with van der Waals surface area (Å²) in [6.45, 7) is 0.953. The molecule has 2 nitrogen and oxygen atoms in total. The molecule has 0 N–H and O–H groups in total. The summed E-state index contributed by atoms with van der Waals surface area (Å²) in [6, 6.07) is 5.95. The van der Waals surface area contributed by atoms with Crippen LogP contribution in [0.5, 0.6) is 0 Å². The minimum Gasteiger partial charge on any atom is -0.464 e. The molecular weight excluding hydrogens is 354 g/mol. The summed E-state index contributed by atoms with van der Waals surface area (Å²) in [4.78, 5) is 12.0. The van der Waals surface area contributed by atoms with Gasteiger partial charge in [-0.05, 0) is 36.0 Å². The first kappa shape index (κ1) is 19.0. The fraction of sp³-hybridized carbons (Fsp3) is 0.417. The molecule has 0 spiro atoms. The number of ether oxygens (including phenoxy) is 1. The van der Waals surface area contributed by atoms with E-state index in [0.29, 0.717) is 0 Å². The molecule has 1 aromatic carbocycles. The Balaban J connectivity index is 3.45. The number of carbonyl (C=O) groups excluding carboxylic acids is 1. The maximum Gasteiger partial charge on any atom is 0.444 e. The number of halogens is 6. The van der Waals surface area contributed by atoms with E-state index in [4.69, 9.17) is 0 Å². The molecule has 1 aromatic rings. The van der Waals surface area contributed by atoms with Crippen molar-refractivity contribution in [1.29, 1.82) is 0 Å². The first-order chi connectivity index (χ1) is 10.0. The van der Waals surface area contributed by atoms with Crippen LogP contribution in [-0.4, -0.2) is 23.6 Å². The van der Waals surface area contributed by atoms with Gasteiger partial charge in [0.1, 0.15) is 0 Å². The molecule has 22 heavy (non-hydrogen) atoms. The van der Waals surface area contributed by atoms with Gasteiger partial charge in [0, 0.05) is 0 Å². The number of esters is 1. The molecule has 0 aliphatic rings. The molecular formula is C12H10F6O2S2. The second-order valence-electron chi connectivity index (χ2n) is 3.80. The average Bonchev–Trinajstić information content (AvgIpc) is 2.36. The summed E-state index contributed by atoms with van der Waals surface area (Å²) in [5.74, 6) is -1.61. The Kier molecular flexibility index (Phi) is 6.08. The van der Waals surface area contributed by atoms with Gasteiger partial charge < -0.3 is 4.74 Å². The highest BCUT2D eigenvalue weighted by Crippen LogP contribution is 2.58. The highest BCUT2D eigenvalue weighted by Gasteiger charge is 2.57. The number of carbonyl (C=O) groups is 1. The van der Waals surface area contributed by atoms with E-state index in [1.165, 1.54) is 25.1 Å². The first-order valence-corrected chi connectivity index (χ1v) is 7.40.